The Morgan fingerprint density at radius 3 is 1.86 bits per heavy atom. The normalized spacial score (nSPS) is 20.7. The monoisotopic (exact) mass is 421 g/mol. The van der Waals surface area contributed by atoms with Crippen LogP contribution in [0, 0.1) is 0 Å². The van der Waals surface area contributed by atoms with Gasteiger partial charge in [-0.1, -0.05) is 12.8 Å². The molecule has 0 radical (unpaired) electrons. The largest absolute Gasteiger partial charge is 0.416 e. The molecule has 1 aliphatic rings. The topological polar surface area (TPSA) is 84.2 Å². The van der Waals surface area contributed by atoms with Gasteiger partial charge < -0.3 is 16.4 Å². The predicted octanol–water partition coefficient (Wildman–Crippen LogP) is 3.75. The fraction of sp³-hybridized carbons (Fsp3) is 0.444. The number of hydrogen-bond donors (Lipinski definition) is 3. The van der Waals surface area contributed by atoms with Crippen LogP contribution in [0.4, 0.5) is 43.4 Å². The molecule has 0 heterocycles. The van der Waals surface area contributed by atoms with Crippen molar-refractivity contribution in [2.24, 2.45) is 5.73 Å². The van der Waals surface area contributed by atoms with Crippen molar-refractivity contribution in [2.45, 2.75) is 50.1 Å². The number of nitrogens with two attached hydrogens (primary N) is 1. The number of anilines is 3. The van der Waals surface area contributed by atoms with Gasteiger partial charge in [0.25, 0.3) is 10.9 Å². The molecule has 3 rings (SSSR count). The van der Waals surface area contributed by atoms with Crippen LogP contribution in [0.2, 0.25) is 0 Å². The Kier molecular flexibility index (Phi) is 5.37. The zero-order valence-corrected chi connectivity index (χ0v) is 14.9. The van der Waals surface area contributed by atoms with Gasteiger partial charge in [0.2, 0.25) is 0 Å². The molecule has 0 bridgehead atoms. The fourth-order valence-corrected chi connectivity index (χ4v) is 3.34. The fourth-order valence-electron chi connectivity index (χ4n) is 3.34. The average molecular weight is 421 g/mol. The van der Waals surface area contributed by atoms with Crippen molar-refractivity contribution >= 4 is 17.1 Å². The summed E-state index contributed by atoms with van der Waals surface area (Å²) in [7, 11) is 0. The van der Waals surface area contributed by atoms with E-state index in [0.717, 1.165) is 12.8 Å². The first kappa shape index (κ1) is 21.2. The molecule has 5 nitrogen and oxygen atoms in total. The summed E-state index contributed by atoms with van der Waals surface area (Å²) in [4.78, 5) is 23.8. The first-order valence-electron chi connectivity index (χ1n) is 8.80. The van der Waals surface area contributed by atoms with Crippen LogP contribution in [-0.2, 0) is 12.4 Å². The van der Waals surface area contributed by atoms with E-state index in [4.69, 9.17) is 5.73 Å². The third kappa shape index (κ3) is 4.39. The van der Waals surface area contributed by atoms with Crippen LogP contribution in [0.5, 0.6) is 0 Å². The zero-order chi connectivity index (χ0) is 21.6. The summed E-state index contributed by atoms with van der Waals surface area (Å²) in [5.41, 5.74) is -0.167. The average Bonchev–Trinajstić information content (AvgIpc) is 2.64. The third-order valence-corrected chi connectivity index (χ3v) is 4.92. The Morgan fingerprint density at radius 1 is 0.828 bits per heavy atom. The summed E-state index contributed by atoms with van der Waals surface area (Å²) in [5, 5.41) is 5.07. The highest BCUT2D eigenvalue weighted by atomic mass is 19.4. The number of halogens is 6. The maximum Gasteiger partial charge on any atom is 0.416 e. The van der Waals surface area contributed by atoms with E-state index >= 15 is 0 Å². The van der Waals surface area contributed by atoms with Gasteiger partial charge in [0.1, 0.15) is 11.4 Å². The Bertz CT molecular complexity index is 943. The molecule has 4 N–H and O–H groups in total. The van der Waals surface area contributed by atoms with Crippen LogP contribution >= 0.6 is 0 Å². The van der Waals surface area contributed by atoms with Gasteiger partial charge in [-0.05, 0) is 31.0 Å². The molecule has 158 valence electrons. The second-order valence-electron chi connectivity index (χ2n) is 7.03. The molecule has 0 amide bonds. The lowest BCUT2D eigenvalue weighted by Gasteiger charge is -2.31. The minimum absolute atomic E-state index is 0.0203. The maximum absolute atomic E-state index is 13.0. The summed E-state index contributed by atoms with van der Waals surface area (Å²) in [6, 6.07) is 0.268. The molecule has 2 atom stereocenters. The van der Waals surface area contributed by atoms with Crippen LogP contribution in [0.25, 0.3) is 0 Å². The molecule has 2 aromatic rings. The first-order chi connectivity index (χ1) is 13.4. The van der Waals surface area contributed by atoms with Crippen molar-refractivity contribution in [3.63, 3.8) is 0 Å². The lowest BCUT2D eigenvalue weighted by molar-refractivity contribution is -0.143. The summed E-state index contributed by atoms with van der Waals surface area (Å²) in [6.07, 6.45) is -6.99. The van der Waals surface area contributed by atoms with Crippen LogP contribution < -0.4 is 27.2 Å². The number of alkyl halides is 6. The second kappa shape index (κ2) is 7.36. The summed E-state index contributed by atoms with van der Waals surface area (Å²) < 4.78 is 77.9. The Morgan fingerprint density at radius 2 is 1.34 bits per heavy atom. The minimum Gasteiger partial charge on any atom is -0.376 e. The van der Waals surface area contributed by atoms with Gasteiger partial charge in [0.15, 0.2) is 0 Å². The highest BCUT2D eigenvalue weighted by molar-refractivity contribution is 5.79. The molecule has 11 heteroatoms. The maximum atomic E-state index is 13.0. The van der Waals surface area contributed by atoms with E-state index in [1.54, 1.807) is 0 Å². The quantitative estimate of drug-likeness (QED) is 0.518. The molecule has 0 spiro atoms. The third-order valence-electron chi connectivity index (χ3n) is 4.92. The molecule has 0 aromatic heterocycles. The van der Waals surface area contributed by atoms with Crippen LogP contribution in [0.1, 0.15) is 36.8 Å². The summed E-state index contributed by atoms with van der Waals surface area (Å²) >= 11 is 0. The van der Waals surface area contributed by atoms with Gasteiger partial charge in [0.05, 0.1) is 11.1 Å². The van der Waals surface area contributed by atoms with Crippen LogP contribution in [-0.4, -0.2) is 12.1 Å². The van der Waals surface area contributed by atoms with Crippen molar-refractivity contribution in [1.29, 1.82) is 0 Å². The van der Waals surface area contributed by atoms with Gasteiger partial charge in [0, 0.05) is 17.8 Å². The Labute approximate surface area is 160 Å². The summed E-state index contributed by atoms with van der Waals surface area (Å²) in [5.74, 6) is 0. The Balaban J connectivity index is 1.93. The molecule has 2 aromatic carbocycles. The summed E-state index contributed by atoms with van der Waals surface area (Å²) in [6.45, 7) is 0. The highest BCUT2D eigenvalue weighted by Crippen LogP contribution is 2.38. The second-order valence-corrected chi connectivity index (χ2v) is 7.03. The van der Waals surface area contributed by atoms with E-state index in [2.05, 4.69) is 10.6 Å². The lowest BCUT2D eigenvalue weighted by Crippen LogP contribution is -2.46. The van der Waals surface area contributed by atoms with Gasteiger partial charge >= 0.3 is 12.4 Å². The van der Waals surface area contributed by atoms with Crippen molar-refractivity contribution in [3.8, 4) is 0 Å². The van der Waals surface area contributed by atoms with Gasteiger partial charge in [-0.3, -0.25) is 9.59 Å². The smallest absolute Gasteiger partial charge is 0.376 e. The molecule has 1 saturated carbocycles. The SMILES string of the molecule is N[C@H]1CCCC[C@@H]1Nc1c(Nc2cc(C(F)(F)F)cc(C(F)(F)F)c2)c(=O)c1=O. The van der Waals surface area contributed by atoms with Crippen molar-refractivity contribution < 1.29 is 26.3 Å². The van der Waals surface area contributed by atoms with Crippen molar-refractivity contribution in [2.75, 3.05) is 10.6 Å². The molecule has 0 saturated heterocycles. The highest BCUT2D eigenvalue weighted by Gasteiger charge is 2.37. The molecule has 0 unspecified atom stereocenters. The molecule has 0 aliphatic heterocycles. The number of benzene rings is 1. The predicted molar refractivity (Wildman–Crippen MR) is 94.9 cm³/mol. The number of rotatable bonds is 4. The van der Waals surface area contributed by atoms with E-state index < -0.39 is 40.0 Å². The lowest BCUT2D eigenvalue weighted by atomic mass is 9.90. The van der Waals surface area contributed by atoms with Crippen molar-refractivity contribution in [3.05, 3.63) is 49.8 Å². The van der Waals surface area contributed by atoms with Gasteiger partial charge in [-0.25, -0.2) is 0 Å². The molecule has 29 heavy (non-hydrogen) atoms. The Hall–Kier alpha value is -2.56. The van der Waals surface area contributed by atoms with Crippen LogP contribution in [0.3, 0.4) is 0 Å². The van der Waals surface area contributed by atoms with Gasteiger partial charge in [-0.15, -0.1) is 0 Å². The zero-order valence-electron chi connectivity index (χ0n) is 14.9. The number of hydrogen-bond acceptors (Lipinski definition) is 5. The van der Waals surface area contributed by atoms with E-state index in [1.165, 1.54) is 0 Å². The van der Waals surface area contributed by atoms with E-state index in [0.29, 0.717) is 25.0 Å². The van der Waals surface area contributed by atoms with Crippen LogP contribution in [0.15, 0.2) is 27.8 Å². The van der Waals surface area contributed by atoms with E-state index in [1.807, 2.05) is 0 Å². The first-order valence-corrected chi connectivity index (χ1v) is 8.80. The number of nitrogens with one attached hydrogen (secondary N) is 2. The molecular formula is C18H17F6N3O2. The van der Waals surface area contributed by atoms with E-state index in [-0.39, 0.29) is 29.5 Å². The van der Waals surface area contributed by atoms with Crippen molar-refractivity contribution in [1.82, 2.24) is 0 Å². The molecule has 1 fully saturated rings. The standard InChI is InChI=1S/C18H17F6N3O2/c19-17(20,21)8-5-9(18(22,23)24)7-10(6-8)26-13-14(16(29)15(13)28)27-12-4-2-1-3-11(12)25/h5-7,11-12,26-27H,1-4,25H2/t11-,12-/m0/s1. The van der Waals surface area contributed by atoms with E-state index in [9.17, 15) is 35.9 Å². The molecular weight excluding hydrogens is 404 g/mol. The molecule has 1 aliphatic carbocycles. The minimum atomic E-state index is -5.03. The van der Waals surface area contributed by atoms with Gasteiger partial charge in [-0.2, -0.15) is 26.3 Å².